The number of hydrogen-bond donors (Lipinski definition) is 0. The third-order valence-corrected chi connectivity index (χ3v) is 4.07. The zero-order valence-corrected chi connectivity index (χ0v) is 14.4. The second-order valence-corrected chi connectivity index (χ2v) is 6.62. The molecule has 0 unspecified atom stereocenters. The van der Waals surface area contributed by atoms with Gasteiger partial charge < -0.3 is 4.74 Å². The Balaban J connectivity index is 2.18. The van der Waals surface area contributed by atoms with Crippen molar-refractivity contribution in [3.63, 3.8) is 0 Å². The third kappa shape index (κ3) is 3.91. The maximum absolute atomic E-state index is 6.15. The first-order chi connectivity index (χ1) is 9.47. The van der Waals surface area contributed by atoms with E-state index in [2.05, 4.69) is 35.8 Å². The van der Waals surface area contributed by atoms with Crippen LogP contribution >= 0.6 is 39.1 Å². The number of ether oxygens (including phenoxy) is 1. The lowest BCUT2D eigenvalue weighted by molar-refractivity contribution is 0.302. The molecular formula is C16H15BrCl2O. The van der Waals surface area contributed by atoms with E-state index >= 15 is 0 Å². The summed E-state index contributed by atoms with van der Waals surface area (Å²) >= 11 is 15.5. The highest BCUT2D eigenvalue weighted by molar-refractivity contribution is 9.10. The van der Waals surface area contributed by atoms with E-state index in [4.69, 9.17) is 27.9 Å². The summed E-state index contributed by atoms with van der Waals surface area (Å²) in [4.78, 5) is 0. The van der Waals surface area contributed by atoms with Crippen LogP contribution in [0.4, 0.5) is 0 Å². The van der Waals surface area contributed by atoms with Gasteiger partial charge in [0.2, 0.25) is 0 Å². The van der Waals surface area contributed by atoms with Crippen LogP contribution in [0.5, 0.6) is 5.75 Å². The van der Waals surface area contributed by atoms with Gasteiger partial charge in [-0.3, -0.25) is 0 Å². The molecule has 0 aliphatic carbocycles. The molecule has 0 aliphatic rings. The van der Waals surface area contributed by atoms with E-state index in [1.807, 2.05) is 24.3 Å². The Hall–Kier alpha value is -0.700. The monoisotopic (exact) mass is 372 g/mol. The van der Waals surface area contributed by atoms with Gasteiger partial charge in [0.15, 0.2) is 0 Å². The van der Waals surface area contributed by atoms with Gasteiger partial charge in [-0.05, 0) is 41.8 Å². The molecule has 0 amide bonds. The predicted octanol–water partition coefficient (Wildman–Crippen LogP) is 6.46. The highest BCUT2D eigenvalue weighted by Crippen LogP contribution is 2.31. The van der Waals surface area contributed by atoms with Crippen LogP contribution in [0.15, 0.2) is 40.9 Å². The number of hydrogen-bond acceptors (Lipinski definition) is 1. The van der Waals surface area contributed by atoms with Crippen LogP contribution in [0.2, 0.25) is 10.0 Å². The van der Waals surface area contributed by atoms with Crippen LogP contribution in [0, 0.1) is 0 Å². The summed E-state index contributed by atoms with van der Waals surface area (Å²) in [5.41, 5.74) is 2.10. The minimum Gasteiger partial charge on any atom is -0.489 e. The Kier molecular flexibility index (Phi) is 5.36. The summed E-state index contributed by atoms with van der Waals surface area (Å²) in [6.07, 6.45) is 0. The van der Waals surface area contributed by atoms with Crippen molar-refractivity contribution >= 4 is 39.1 Å². The summed E-state index contributed by atoms with van der Waals surface area (Å²) in [6, 6.07) is 11.5. The van der Waals surface area contributed by atoms with E-state index in [1.165, 1.54) is 5.56 Å². The van der Waals surface area contributed by atoms with Gasteiger partial charge in [0.05, 0.1) is 0 Å². The molecule has 2 aromatic rings. The average Bonchev–Trinajstić information content (AvgIpc) is 2.38. The fraction of sp³-hybridized carbons (Fsp3) is 0.250. The van der Waals surface area contributed by atoms with E-state index in [0.29, 0.717) is 22.6 Å². The summed E-state index contributed by atoms with van der Waals surface area (Å²) in [7, 11) is 0. The molecule has 2 aromatic carbocycles. The molecule has 0 radical (unpaired) electrons. The molecule has 0 aliphatic heterocycles. The van der Waals surface area contributed by atoms with Crippen LogP contribution in [-0.2, 0) is 6.61 Å². The molecule has 0 saturated heterocycles. The molecule has 0 N–H and O–H groups in total. The maximum Gasteiger partial charge on any atom is 0.123 e. The Morgan fingerprint density at radius 2 is 1.85 bits per heavy atom. The molecule has 0 bridgehead atoms. The molecule has 2 rings (SSSR count). The van der Waals surface area contributed by atoms with Crippen molar-refractivity contribution < 1.29 is 4.74 Å². The lowest BCUT2D eigenvalue weighted by atomic mass is 10.0. The molecule has 0 spiro atoms. The van der Waals surface area contributed by atoms with Crippen molar-refractivity contribution in [1.29, 1.82) is 0 Å². The zero-order chi connectivity index (χ0) is 14.7. The highest BCUT2D eigenvalue weighted by Gasteiger charge is 2.10. The first-order valence-corrected chi connectivity index (χ1v) is 7.88. The largest absolute Gasteiger partial charge is 0.489 e. The fourth-order valence-corrected chi connectivity index (χ4v) is 2.74. The van der Waals surface area contributed by atoms with Gasteiger partial charge in [0.1, 0.15) is 12.4 Å². The SMILES string of the molecule is CC(C)c1cc(Br)ccc1OCc1ccc(Cl)cc1Cl. The van der Waals surface area contributed by atoms with Crippen molar-refractivity contribution in [2.75, 3.05) is 0 Å². The van der Waals surface area contributed by atoms with Crippen LogP contribution in [0.1, 0.15) is 30.9 Å². The maximum atomic E-state index is 6.15. The van der Waals surface area contributed by atoms with Gasteiger partial charge in [-0.1, -0.05) is 59.0 Å². The number of benzene rings is 2. The summed E-state index contributed by atoms with van der Waals surface area (Å²) < 4.78 is 6.97. The van der Waals surface area contributed by atoms with Crippen molar-refractivity contribution in [3.8, 4) is 5.75 Å². The van der Waals surface area contributed by atoms with Gasteiger partial charge in [-0.15, -0.1) is 0 Å². The molecule has 0 atom stereocenters. The standard InChI is InChI=1S/C16H15BrCl2O/c1-10(2)14-7-12(17)4-6-16(14)20-9-11-3-5-13(18)8-15(11)19/h3-8,10H,9H2,1-2H3. The van der Waals surface area contributed by atoms with Gasteiger partial charge in [-0.2, -0.15) is 0 Å². The molecule has 1 nitrogen and oxygen atoms in total. The van der Waals surface area contributed by atoms with Crippen molar-refractivity contribution in [2.45, 2.75) is 26.4 Å². The third-order valence-electron chi connectivity index (χ3n) is 2.99. The molecule has 0 saturated carbocycles. The second-order valence-electron chi connectivity index (χ2n) is 4.86. The first-order valence-electron chi connectivity index (χ1n) is 6.33. The summed E-state index contributed by atoms with van der Waals surface area (Å²) in [5.74, 6) is 1.28. The fourth-order valence-electron chi connectivity index (χ4n) is 1.90. The smallest absolute Gasteiger partial charge is 0.123 e. The Bertz CT molecular complexity index is 611. The Morgan fingerprint density at radius 3 is 2.50 bits per heavy atom. The average molecular weight is 374 g/mol. The Labute approximate surface area is 138 Å². The normalized spacial score (nSPS) is 10.9. The summed E-state index contributed by atoms with van der Waals surface area (Å²) in [5, 5.41) is 1.26. The lowest BCUT2D eigenvalue weighted by Crippen LogP contribution is -2.00. The minimum atomic E-state index is 0.392. The molecular weight excluding hydrogens is 359 g/mol. The minimum absolute atomic E-state index is 0.392. The molecule has 4 heteroatoms. The highest BCUT2D eigenvalue weighted by atomic mass is 79.9. The lowest BCUT2D eigenvalue weighted by Gasteiger charge is -2.15. The van der Waals surface area contributed by atoms with Crippen LogP contribution in [0.3, 0.4) is 0 Å². The topological polar surface area (TPSA) is 9.23 Å². The van der Waals surface area contributed by atoms with Crippen LogP contribution < -0.4 is 4.74 Å². The molecule has 20 heavy (non-hydrogen) atoms. The van der Waals surface area contributed by atoms with Gasteiger partial charge in [-0.25, -0.2) is 0 Å². The van der Waals surface area contributed by atoms with E-state index in [-0.39, 0.29) is 0 Å². The van der Waals surface area contributed by atoms with Gasteiger partial charge in [0.25, 0.3) is 0 Å². The zero-order valence-electron chi connectivity index (χ0n) is 11.3. The predicted molar refractivity (Wildman–Crippen MR) is 89.0 cm³/mol. The van der Waals surface area contributed by atoms with E-state index in [9.17, 15) is 0 Å². The molecule has 0 aromatic heterocycles. The number of rotatable bonds is 4. The van der Waals surface area contributed by atoms with Gasteiger partial charge in [0, 0.05) is 20.1 Å². The van der Waals surface area contributed by atoms with Crippen molar-refractivity contribution in [3.05, 3.63) is 62.0 Å². The first kappa shape index (κ1) is 15.7. The molecule has 106 valence electrons. The van der Waals surface area contributed by atoms with E-state index < -0.39 is 0 Å². The quantitative estimate of drug-likeness (QED) is 0.597. The van der Waals surface area contributed by atoms with Crippen molar-refractivity contribution in [2.24, 2.45) is 0 Å². The second kappa shape index (κ2) is 6.84. The molecule has 0 fully saturated rings. The number of halogens is 3. The van der Waals surface area contributed by atoms with Crippen LogP contribution in [-0.4, -0.2) is 0 Å². The van der Waals surface area contributed by atoms with Crippen molar-refractivity contribution in [1.82, 2.24) is 0 Å². The van der Waals surface area contributed by atoms with E-state index in [1.54, 1.807) is 6.07 Å². The Morgan fingerprint density at radius 1 is 1.10 bits per heavy atom. The summed E-state index contributed by atoms with van der Waals surface area (Å²) in [6.45, 7) is 4.71. The van der Waals surface area contributed by atoms with E-state index in [0.717, 1.165) is 15.8 Å². The van der Waals surface area contributed by atoms with Gasteiger partial charge >= 0.3 is 0 Å². The molecule has 0 heterocycles. The van der Waals surface area contributed by atoms with Crippen LogP contribution in [0.25, 0.3) is 0 Å².